The van der Waals surface area contributed by atoms with Crippen LogP contribution in [0.25, 0.3) is 16.8 Å². The molecule has 0 unspecified atom stereocenters. The van der Waals surface area contributed by atoms with Gasteiger partial charge in [0.05, 0.1) is 17.1 Å². The Morgan fingerprint density at radius 2 is 1.71 bits per heavy atom. The van der Waals surface area contributed by atoms with E-state index in [1.54, 1.807) is 51.1 Å². The van der Waals surface area contributed by atoms with Crippen LogP contribution in [-0.4, -0.2) is 46.9 Å². The van der Waals surface area contributed by atoms with Crippen molar-refractivity contribution in [3.63, 3.8) is 0 Å². The molecule has 0 spiro atoms. The van der Waals surface area contributed by atoms with E-state index in [1.807, 2.05) is 18.6 Å². The molecule has 2 N–H and O–H groups in total. The number of carbonyl (C=O) groups is 2. The summed E-state index contributed by atoms with van der Waals surface area (Å²) >= 11 is 3.48. The van der Waals surface area contributed by atoms with Crippen molar-refractivity contribution in [1.29, 1.82) is 0 Å². The van der Waals surface area contributed by atoms with E-state index in [1.165, 1.54) is 39.6 Å². The van der Waals surface area contributed by atoms with Crippen LogP contribution in [-0.2, 0) is 27.7 Å². The largest absolute Gasteiger partial charge is 0.443 e. The number of rotatable bonds is 13. The van der Waals surface area contributed by atoms with Gasteiger partial charge in [0.1, 0.15) is 17.2 Å². The first kappa shape index (κ1) is 37.5. The molecule has 0 aliphatic heterocycles. The van der Waals surface area contributed by atoms with Gasteiger partial charge >= 0.3 is 11.8 Å². The average Bonchev–Trinajstić information content (AvgIpc) is 3.34. The van der Waals surface area contributed by atoms with E-state index in [-0.39, 0.29) is 34.0 Å². The summed E-state index contributed by atoms with van der Waals surface area (Å²) < 4.78 is 52.3. The normalized spacial score (nSPS) is 11.7. The Kier molecular flexibility index (Phi) is 12.2. The molecule has 0 saturated heterocycles. The molecule has 0 bridgehead atoms. The highest BCUT2D eigenvalue weighted by molar-refractivity contribution is 9.10. The Bertz CT molecular complexity index is 2000. The number of aryl methyl sites for hydroxylation is 1. The van der Waals surface area contributed by atoms with Crippen LogP contribution in [0.4, 0.5) is 9.18 Å². The van der Waals surface area contributed by atoms with Crippen molar-refractivity contribution in [2.75, 3.05) is 6.54 Å². The Morgan fingerprint density at radius 1 is 1.00 bits per heavy atom. The minimum atomic E-state index is -4.38. The van der Waals surface area contributed by atoms with Gasteiger partial charge in [-0.25, -0.2) is 27.1 Å². The maximum Gasteiger partial charge on any atom is 0.421 e. The van der Waals surface area contributed by atoms with E-state index in [4.69, 9.17) is 4.74 Å². The smallest absolute Gasteiger partial charge is 0.421 e. The minimum absolute atomic E-state index is 0.140. The highest BCUT2D eigenvalue weighted by Crippen LogP contribution is 2.29. The van der Waals surface area contributed by atoms with Gasteiger partial charge in [-0.05, 0) is 85.4 Å². The zero-order chi connectivity index (χ0) is 35.9. The van der Waals surface area contributed by atoms with Crippen molar-refractivity contribution < 1.29 is 27.1 Å². The van der Waals surface area contributed by atoms with Crippen LogP contribution in [0.1, 0.15) is 82.0 Å². The second-order valence-electron chi connectivity index (χ2n) is 12.5. The van der Waals surface area contributed by atoms with Gasteiger partial charge in [0.15, 0.2) is 0 Å². The number of aromatic nitrogens is 3. The predicted octanol–water partition coefficient (Wildman–Crippen LogP) is 6.74. The van der Waals surface area contributed by atoms with Crippen molar-refractivity contribution in [2.45, 2.75) is 83.8 Å². The Morgan fingerprint density at radius 3 is 2.39 bits per heavy atom. The van der Waals surface area contributed by atoms with E-state index in [2.05, 4.69) is 26.3 Å². The van der Waals surface area contributed by atoms with Crippen LogP contribution in [0.5, 0.6) is 0 Å². The summed E-state index contributed by atoms with van der Waals surface area (Å²) in [5.41, 5.74) is -0.0891. The molecule has 0 radical (unpaired) electrons. The number of halogens is 2. The summed E-state index contributed by atoms with van der Waals surface area (Å²) in [4.78, 5) is 38.6. The SMILES string of the molecule is CCCCNC(=O)c1ccc(Br)c(-n2nc(CCCC)n(Cc3ccc(-c4ccccc4S(=O)(=O)NC(=O)OC(C)(C)C)cc3F)c2=O)c1. The van der Waals surface area contributed by atoms with Gasteiger partial charge in [-0.2, -0.15) is 4.68 Å². The lowest BCUT2D eigenvalue weighted by Crippen LogP contribution is -2.36. The zero-order valence-electron chi connectivity index (χ0n) is 28.2. The Balaban J connectivity index is 1.68. The summed E-state index contributed by atoms with van der Waals surface area (Å²) in [5, 5.41) is 7.47. The molecule has 0 atom stereocenters. The van der Waals surface area contributed by atoms with Gasteiger partial charge in [-0.3, -0.25) is 9.36 Å². The predicted molar refractivity (Wildman–Crippen MR) is 189 cm³/mol. The van der Waals surface area contributed by atoms with E-state index in [9.17, 15) is 22.8 Å². The first-order valence-corrected chi connectivity index (χ1v) is 18.3. The van der Waals surface area contributed by atoms with E-state index >= 15 is 4.39 Å². The summed E-state index contributed by atoms with van der Waals surface area (Å²) in [6, 6.07) is 15.1. The molecule has 0 fully saturated rings. The van der Waals surface area contributed by atoms with E-state index < -0.39 is 33.2 Å². The van der Waals surface area contributed by atoms with Gasteiger partial charge < -0.3 is 10.1 Å². The number of unbranched alkanes of at least 4 members (excludes halogenated alkanes) is 2. The van der Waals surface area contributed by atoms with Gasteiger partial charge in [-0.1, -0.05) is 57.0 Å². The lowest BCUT2D eigenvalue weighted by atomic mass is 10.0. The van der Waals surface area contributed by atoms with Crippen molar-refractivity contribution in [1.82, 2.24) is 24.4 Å². The number of hydrogen-bond donors (Lipinski definition) is 2. The molecule has 0 aliphatic carbocycles. The molecule has 11 nitrogen and oxygen atoms in total. The molecule has 4 aromatic rings. The fourth-order valence-electron chi connectivity index (χ4n) is 4.99. The molecule has 1 heterocycles. The van der Waals surface area contributed by atoms with Gasteiger partial charge in [0, 0.05) is 34.1 Å². The van der Waals surface area contributed by atoms with Crippen LogP contribution < -0.4 is 15.7 Å². The fraction of sp³-hybridized carbons (Fsp3) is 0.371. The number of nitrogens with one attached hydrogen (secondary N) is 2. The number of carbonyl (C=O) groups excluding carboxylic acids is 2. The maximum atomic E-state index is 15.8. The zero-order valence-corrected chi connectivity index (χ0v) is 30.6. The molecule has 262 valence electrons. The molecule has 49 heavy (non-hydrogen) atoms. The number of amides is 2. The molecular formula is C35H41BrFN5O6S. The maximum absolute atomic E-state index is 15.8. The number of ether oxygens (including phenoxy) is 1. The molecule has 14 heteroatoms. The molecule has 3 aromatic carbocycles. The van der Waals surface area contributed by atoms with E-state index in [0.717, 1.165) is 25.7 Å². The lowest BCUT2D eigenvalue weighted by Gasteiger charge is -2.20. The topological polar surface area (TPSA) is 141 Å². The van der Waals surface area contributed by atoms with Gasteiger partial charge in [0.2, 0.25) is 0 Å². The molecule has 4 rings (SSSR count). The highest BCUT2D eigenvalue weighted by atomic mass is 79.9. The summed E-state index contributed by atoms with van der Waals surface area (Å²) in [6.45, 7) is 9.26. The number of nitrogens with zero attached hydrogens (tertiary/aromatic N) is 3. The van der Waals surface area contributed by atoms with E-state index in [0.29, 0.717) is 34.5 Å². The number of hydrogen-bond acceptors (Lipinski definition) is 7. The van der Waals surface area contributed by atoms with Crippen molar-refractivity contribution in [3.8, 4) is 16.8 Å². The molecule has 0 saturated carbocycles. The van der Waals surface area contributed by atoms with Crippen LogP contribution >= 0.6 is 15.9 Å². The Hall–Kier alpha value is -4.30. The number of sulfonamides is 1. The van der Waals surface area contributed by atoms with Crippen LogP contribution in [0.2, 0.25) is 0 Å². The lowest BCUT2D eigenvalue weighted by molar-refractivity contribution is 0.0570. The molecule has 0 aliphatic rings. The monoisotopic (exact) mass is 757 g/mol. The molecular weight excluding hydrogens is 717 g/mol. The van der Waals surface area contributed by atoms with Crippen LogP contribution in [0.3, 0.4) is 0 Å². The van der Waals surface area contributed by atoms with Crippen LogP contribution in [0, 0.1) is 5.82 Å². The van der Waals surface area contributed by atoms with Crippen molar-refractivity contribution in [2.24, 2.45) is 0 Å². The molecule has 1 aromatic heterocycles. The van der Waals surface area contributed by atoms with Crippen molar-refractivity contribution >= 4 is 38.0 Å². The third-order valence-electron chi connectivity index (χ3n) is 7.43. The fourth-order valence-corrected chi connectivity index (χ4v) is 6.50. The summed E-state index contributed by atoms with van der Waals surface area (Å²) in [5.74, 6) is -0.486. The highest BCUT2D eigenvalue weighted by Gasteiger charge is 2.26. The van der Waals surface area contributed by atoms with Gasteiger partial charge in [0.25, 0.3) is 15.9 Å². The average molecular weight is 759 g/mol. The standard InChI is InChI=1S/C35H41BrFN5O6S/c1-6-8-14-31-39-42(29-21-24(17-18-27(29)36)32(43)38-19-9-7-2)34(45)41(31)22-25-16-15-23(20-28(25)37)26-12-10-11-13-30(26)49(46,47)40-33(44)48-35(3,4)5/h10-13,15-18,20-21H,6-9,14,19,22H2,1-5H3,(H,38,43)(H,40,44). The number of benzene rings is 3. The third kappa shape index (κ3) is 9.44. The quantitative estimate of drug-likeness (QED) is 0.144. The summed E-state index contributed by atoms with van der Waals surface area (Å²) in [6.07, 6.45) is 2.68. The van der Waals surface area contributed by atoms with Crippen LogP contribution in [0.15, 0.2) is 74.8 Å². The van der Waals surface area contributed by atoms with Crippen molar-refractivity contribution in [3.05, 3.63) is 98.4 Å². The summed E-state index contributed by atoms with van der Waals surface area (Å²) in [7, 11) is -4.38. The molecule has 2 amide bonds. The first-order valence-electron chi connectivity index (χ1n) is 16.1. The second-order valence-corrected chi connectivity index (χ2v) is 15.0. The second kappa shape index (κ2) is 15.9. The minimum Gasteiger partial charge on any atom is -0.443 e. The van der Waals surface area contributed by atoms with Gasteiger partial charge in [-0.15, -0.1) is 5.10 Å². The first-order chi connectivity index (χ1) is 23.1. The third-order valence-corrected chi connectivity index (χ3v) is 9.47. The Labute approximate surface area is 294 Å².